The fourth-order valence-electron chi connectivity index (χ4n) is 2.88. The molecule has 32 heavy (non-hydrogen) atoms. The molecule has 1 aromatic heterocycles. The van der Waals surface area contributed by atoms with Crippen LogP contribution in [0.1, 0.15) is 25.6 Å². The van der Waals surface area contributed by atoms with Crippen LogP contribution in [0, 0.1) is 6.92 Å². The van der Waals surface area contributed by atoms with Crippen molar-refractivity contribution in [2.75, 3.05) is 20.3 Å². The number of nitrogens with one attached hydrogen (secondary N) is 1. The Hall–Kier alpha value is -1.40. The number of H-pyrrole nitrogens is 1. The molecule has 1 saturated heterocycles. The van der Waals surface area contributed by atoms with E-state index in [1.165, 1.54) is 34.1 Å². The maximum Gasteiger partial charge on any atom is 0.348 e. The summed E-state index contributed by atoms with van der Waals surface area (Å²) >= 11 is 0. The second-order valence-corrected chi connectivity index (χ2v) is 11.3. The van der Waals surface area contributed by atoms with E-state index in [4.69, 9.17) is 18.7 Å². The molecule has 1 fully saturated rings. The number of aromatic amines is 1. The van der Waals surface area contributed by atoms with Crippen molar-refractivity contribution in [2.24, 2.45) is 0 Å². The SMILES string of the molecule is COCCO[C@@H]1[C@H](OP(=O)(O)C(C)C)[C@@H](/C=C/P(=O)(O)O)O[C@H]1n1cc(C)c(=O)[nH]c1=O. The van der Waals surface area contributed by atoms with Crippen molar-refractivity contribution in [3.63, 3.8) is 0 Å². The maximum atomic E-state index is 12.6. The molecule has 5 atom stereocenters. The molecule has 0 aromatic carbocycles. The average Bonchev–Trinajstić information content (AvgIpc) is 2.99. The summed E-state index contributed by atoms with van der Waals surface area (Å²) in [5, 5.41) is 0. The number of rotatable bonds is 10. The molecule has 1 aliphatic rings. The zero-order valence-electron chi connectivity index (χ0n) is 18.0. The standard InChI is InChI=1S/C17H28N2O11P2/c1-10(2)32(25,26)30-13-12(5-8-31(22,23)24)29-16(14(13)28-7-6-27-4)19-9-11(3)15(20)18-17(19)21/h5,8-10,12-14,16H,6-7H2,1-4H3,(H,25,26)(H,18,20,21)(H2,22,23,24)/b8-5+/t12-,13-,14-,16-/m1/s1. The first-order valence-corrected chi connectivity index (χ1v) is 12.9. The van der Waals surface area contributed by atoms with Gasteiger partial charge in [0.25, 0.3) is 5.56 Å². The van der Waals surface area contributed by atoms with Gasteiger partial charge in [-0.25, -0.2) is 4.79 Å². The van der Waals surface area contributed by atoms with Crippen LogP contribution in [0.15, 0.2) is 27.7 Å². The van der Waals surface area contributed by atoms with E-state index in [1.807, 2.05) is 0 Å². The summed E-state index contributed by atoms with van der Waals surface area (Å²) in [5.41, 5.74) is -2.05. The summed E-state index contributed by atoms with van der Waals surface area (Å²) < 4.78 is 46.9. The molecule has 0 aliphatic carbocycles. The van der Waals surface area contributed by atoms with Crippen LogP contribution in [-0.2, 0) is 27.9 Å². The van der Waals surface area contributed by atoms with Gasteiger partial charge in [0.1, 0.15) is 18.3 Å². The Balaban J connectivity index is 2.56. The summed E-state index contributed by atoms with van der Waals surface area (Å²) in [6.07, 6.45) is -2.79. The van der Waals surface area contributed by atoms with E-state index in [2.05, 4.69) is 4.98 Å². The summed E-state index contributed by atoms with van der Waals surface area (Å²) in [6, 6.07) is 0. The Labute approximate surface area is 183 Å². The van der Waals surface area contributed by atoms with Crippen molar-refractivity contribution in [2.45, 2.75) is 51.0 Å². The van der Waals surface area contributed by atoms with E-state index in [0.29, 0.717) is 5.82 Å². The number of nitrogens with zero attached hydrogens (tertiary/aromatic N) is 1. The fourth-order valence-corrected chi connectivity index (χ4v) is 4.10. The Kier molecular flexibility index (Phi) is 8.97. The second kappa shape index (κ2) is 10.7. The first-order chi connectivity index (χ1) is 14.8. The van der Waals surface area contributed by atoms with E-state index in [9.17, 15) is 33.4 Å². The van der Waals surface area contributed by atoms with Crippen LogP contribution in [0.5, 0.6) is 0 Å². The van der Waals surface area contributed by atoms with Crippen molar-refractivity contribution in [1.82, 2.24) is 9.55 Å². The highest BCUT2D eigenvalue weighted by molar-refractivity contribution is 7.55. The molecule has 2 rings (SSSR count). The van der Waals surface area contributed by atoms with Gasteiger partial charge in [0.2, 0.25) is 0 Å². The topological polar surface area (TPSA) is 187 Å². The molecule has 0 spiro atoms. The first-order valence-electron chi connectivity index (χ1n) is 9.60. The van der Waals surface area contributed by atoms with Gasteiger partial charge in [-0.2, -0.15) is 0 Å². The number of hydrogen-bond acceptors (Lipinski definition) is 8. The van der Waals surface area contributed by atoms with Gasteiger partial charge in [0.05, 0.1) is 18.9 Å². The van der Waals surface area contributed by atoms with Crippen LogP contribution >= 0.6 is 15.2 Å². The normalized spacial score (nSPS) is 26.1. The van der Waals surface area contributed by atoms with Crippen molar-refractivity contribution < 1.29 is 42.5 Å². The van der Waals surface area contributed by atoms with E-state index >= 15 is 0 Å². The molecular formula is C17H28N2O11P2. The third-order valence-corrected chi connectivity index (χ3v) is 7.05. The number of aromatic nitrogens is 2. The molecule has 1 aromatic rings. The lowest BCUT2D eigenvalue weighted by Gasteiger charge is -2.27. The molecule has 13 nitrogen and oxygen atoms in total. The predicted molar refractivity (Wildman–Crippen MR) is 113 cm³/mol. The lowest BCUT2D eigenvalue weighted by molar-refractivity contribution is -0.0765. The smallest absolute Gasteiger partial charge is 0.348 e. The lowest BCUT2D eigenvalue weighted by Crippen LogP contribution is -2.41. The maximum absolute atomic E-state index is 12.6. The Morgan fingerprint density at radius 1 is 1.22 bits per heavy atom. The second-order valence-electron chi connectivity index (χ2n) is 7.46. The summed E-state index contributed by atoms with van der Waals surface area (Å²) in [5.74, 6) is 0.571. The van der Waals surface area contributed by atoms with Gasteiger partial charge in [0, 0.05) is 24.7 Å². The number of hydrogen-bond donors (Lipinski definition) is 4. The molecule has 0 saturated carbocycles. The van der Waals surface area contributed by atoms with Crippen molar-refractivity contribution in [3.8, 4) is 0 Å². The third-order valence-electron chi connectivity index (χ3n) is 4.64. The van der Waals surface area contributed by atoms with Crippen LogP contribution in [0.3, 0.4) is 0 Å². The van der Waals surface area contributed by atoms with Crippen LogP contribution in [0.4, 0.5) is 0 Å². The molecule has 15 heteroatoms. The van der Waals surface area contributed by atoms with Gasteiger partial charge in [-0.3, -0.25) is 28.0 Å². The zero-order valence-corrected chi connectivity index (χ0v) is 19.8. The van der Waals surface area contributed by atoms with Crippen molar-refractivity contribution in [1.29, 1.82) is 0 Å². The van der Waals surface area contributed by atoms with Crippen molar-refractivity contribution >= 4 is 15.2 Å². The highest BCUT2D eigenvalue weighted by Gasteiger charge is 2.50. The number of methoxy groups -OCH3 is 1. The fraction of sp³-hybridized carbons (Fsp3) is 0.647. The molecule has 4 N–H and O–H groups in total. The van der Waals surface area contributed by atoms with Crippen LogP contribution < -0.4 is 11.2 Å². The van der Waals surface area contributed by atoms with E-state index in [0.717, 1.165) is 10.6 Å². The minimum atomic E-state index is -4.60. The third kappa shape index (κ3) is 6.80. The predicted octanol–water partition coefficient (Wildman–Crippen LogP) is 0.444. The minimum absolute atomic E-state index is 0.00961. The van der Waals surface area contributed by atoms with E-state index in [-0.39, 0.29) is 18.8 Å². The molecule has 0 radical (unpaired) electrons. The Morgan fingerprint density at radius 3 is 2.44 bits per heavy atom. The molecule has 0 bridgehead atoms. The Bertz CT molecular complexity index is 1030. The van der Waals surface area contributed by atoms with E-state index in [1.54, 1.807) is 0 Å². The summed E-state index contributed by atoms with van der Waals surface area (Å²) in [7, 11) is -7.37. The van der Waals surface area contributed by atoms with Crippen LogP contribution in [-0.4, -0.2) is 68.5 Å². The number of aryl methyl sites for hydroxylation is 1. The van der Waals surface area contributed by atoms with Crippen LogP contribution in [0.25, 0.3) is 0 Å². The highest BCUT2D eigenvalue weighted by atomic mass is 31.2. The largest absolute Gasteiger partial charge is 0.382 e. The lowest BCUT2D eigenvalue weighted by atomic mass is 10.1. The average molecular weight is 498 g/mol. The Morgan fingerprint density at radius 2 is 1.88 bits per heavy atom. The highest BCUT2D eigenvalue weighted by Crippen LogP contribution is 2.52. The van der Waals surface area contributed by atoms with Gasteiger partial charge >= 0.3 is 20.9 Å². The van der Waals surface area contributed by atoms with Gasteiger partial charge in [-0.05, 0) is 13.0 Å². The quantitative estimate of drug-likeness (QED) is 0.259. The molecule has 0 amide bonds. The molecular weight excluding hydrogens is 470 g/mol. The number of ether oxygens (including phenoxy) is 3. The van der Waals surface area contributed by atoms with Crippen molar-refractivity contribution in [3.05, 3.63) is 44.5 Å². The van der Waals surface area contributed by atoms with Gasteiger partial charge < -0.3 is 28.9 Å². The van der Waals surface area contributed by atoms with E-state index < -0.39 is 56.6 Å². The van der Waals surface area contributed by atoms with Gasteiger partial charge in [0.15, 0.2) is 6.23 Å². The van der Waals surface area contributed by atoms with Gasteiger partial charge in [-0.15, -0.1) is 0 Å². The molecule has 2 heterocycles. The summed E-state index contributed by atoms with van der Waals surface area (Å²) in [4.78, 5) is 55.0. The first kappa shape index (κ1) is 26.8. The molecule has 1 aliphatic heterocycles. The monoisotopic (exact) mass is 498 g/mol. The van der Waals surface area contributed by atoms with Gasteiger partial charge in [-0.1, -0.05) is 13.8 Å². The zero-order chi connectivity index (χ0) is 24.3. The summed E-state index contributed by atoms with van der Waals surface area (Å²) in [6.45, 7) is 4.52. The molecule has 182 valence electrons. The molecule has 1 unspecified atom stereocenters. The minimum Gasteiger partial charge on any atom is -0.382 e. The van der Waals surface area contributed by atoms with Crippen LogP contribution in [0.2, 0.25) is 0 Å².